The number of halogens is 4. The maximum Gasteiger partial charge on any atom is 0.416 e. The summed E-state index contributed by atoms with van der Waals surface area (Å²) >= 11 is 0. The number of rotatable bonds is 4. The molecule has 0 fully saturated rings. The second kappa shape index (κ2) is 8.40. The van der Waals surface area contributed by atoms with Crippen molar-refractivity contribution in [2.75, 3.05) is 5.32 Å². The topological polar surface area (TPSA) is 77.6 Å². The molecule has 0 radical (unpaired) electrons. The Kier molecular flexibility index (Phi) is 5.39. The summed E-state index contributed by atoms with van der Waals surface area (Å²) in [4.78, 5) is 17.1. The summed E-state index contributed by atoms with van der Waals surface area (Å²) < 4.78 is 56.3. The van der Waals surface area contributed by atoms with E-state index in [1.165, 1.54) is 35.5 Å². The van der Waals surface area contributed by atoms with Crippen molar-refractivity contribution < 1.29 is 22.4 Å². The molecule has 1 N–H and O–H groups in total. The summed E-state index contributed by atoms with van der Waals surface area (Å²) in [7, 11) is 0. The summed E-state index contributed by atoms with van der Waals surface area (Å²) in [5, 5.41) is 11.0. The predicted octanol–water partition coefficient (Wildman–Crippen LogP) is 4.74. The van der Waals surface area contributed by atoms with E-state index in [2.05, 4.69) is 20.5 Å². The van der Waals surface area contributed by atoms with Crippen LogP contribution in [0, 0.1) is 5.82 Å². The number of carbonyl (C=O) groups excluding carboxylic acids is 1. The number of anilines is 1. The Balaban J connectivity index is 1.56. The van der Waals surface area contributed by atoms with Crippen molar-refractivity contribution in [3.05, 3.63) is 83.5 Å². The quantitative estimate of drug-likeness (QED) is 0.437. The molecule has 5 rings (SSSR count). The zero-order chi connectivity index (χ0) is 23.9. The number of benzene rings is 2. The molecule has 0 bridgehead atoms. The fourth-order valence-corrected chi connectivity index (χ4v) is 4.10. The van der Waals surface area contributed by atoms with E-state index in [9.17, 15) is 22.4 Å². The van der Waals surface area contributed by atoms with Gasteiger partial charge in [0.2, 0.25) is 0 Å². The number of carbonyl (C=O) groups is 1. The van der Waals surface area contributed by atoms with Gasteiger partial charge in [0.25, 0.3) is 5.91 Å². The van der Waals surface area contributed by atoms with Gasteiger partial charge < -0.3 is 5.32 Å². The molecular weight excluding hydrogens is 452 g/mol. The fourth-order valence-electron chi connectivity index (χ4n) is 4.10. The molecule has 0 saturated heterocycles. The third-order valence-electron chi connectivity index (χ3n) is 5.70. The number of nitrogens with zero attached hydrogens (tertiary/aromatic N) is 5. The molecule has 1 amide bonds. The third-order valence-corrected chi connectivity index (χ3v) is 5.70. The molecule has 11 heteroatoms. The van der Waals surface area contributed by atoms with Crippen molar-refractivity contribution in [3.8, 4) is 11.4 Å². The van der Waals surface area contributed by atoms with Crippen molar-refractivity contribution >= 4 is 11.6 Å². The SMILES string of the molecule is O=C(Nc1cc(C(F)(F)F)ccc1-n1cncn1)c1nn(-c2ccc(F)cc2)c2c1CCCC2. The van der Waals surface area contributed by atoms with Crippen molar-refractivity contribution in [2.45, 2.75) is 31.9 Å². The van der Waals surface area contributed by atoms with Crippen LogP contribution in [0.5, 0.6) is 0 Å². The van der Waals surface area contributed by atoms with Crippen LogP contribution in [0.2, 0.25) is 0 Å². The van der Waals surface area contributed by atoms with Crippen molar-refractivity contribution in [2.24, 2.45) is 0 Å². The number of hydrogen-bond acceptors (Lipinski definition) is 4. The molecule has 0 saturated carbocycles. The van der Waals surface area contributed by atoms with Crippen LogP contribution in [0.25, 0.3) is 11.4 Å². The van der Waals surface area contributed by atoms with Gasteiger partial charge in [-0.3, -0.25) is 4.79 Å². The van der Waals surface area contributed by atoms with E-state index >= 15 is 0 Å². The molecule has 0 spiro atoms. The molecule has 2 aromatic heterocycles. The average Bonchev–Trinajstić information content (AvgIpc) is 3.48. The summed E-state index contributed by atoms with van der Waals surface area (Å²) in [6.07, 6.45) is 1.02. The van der Waals surface area contributed by atoms with Crippen molar-refractivity contribution in [1.82, 2.24) is 24.5 Å². The van der Waals surface area contributed by atoms with Gasteiger partial charge >= 0.3 is 6.18 Å². The first-order valence-corrected chi connectivity index (χ1v) is 10.6. The number of aromatic nitrogens is 5. The molecule has 0 unspecified atom stereocenters. The zero-order valence-electron chi connectivity index (χ0n) is 17.7. The normalized spacial score (nSPS) is 13.5. The molecule has 1 aliphatic rings. The first-order valence-electron chi connectivity index (χ1n) is 10.6. The Morgan fingerprint density at radius 2 is 1.79 bits per heavy atom. The van der Waals surface area contributed by atoms with Gasteiger partial charge in [-0.05, 0) is 68.1 Å². The maximum atomic E-state index is 13.4. The highest BCUT2D eigenvalue weighted by molar-refractivity contribution is 6.05. The largest absolute Gasteiger partial charge is 0.416 e. The minimum absolute atomic E-state index is 0.0776. The van der Waals surface area contributed by atoms with Crippen LogP contribution in [0.15, 0.2) is 55.1 Å². The van der Waals surface area contributed by atoms with E-state index in [-0.39, 0.29) is 17.1 Å². The molecule has 174 valence electrons. The number of nitrogens with one attached hydrogen (secondary N) is 1. The fraction of sp³-hybridized carbons (Fsp3) is 0.217. The molecule has 34 heavy (non-hydrogen) atoms. The third kappa shape index (κ3) is 4.04. The average molecular weight is 470 g/mol. The first-order chi connectivity index (χ1) is 16.3. The van der Waals surface area contributed by atoms with Gasteiger partial charge in [0, 0.05) is 11.3 Å². The van der Waals surface area contributed by atoms with Gasteiger partial charge in [-0.1, -0.05) is 0 Å². The van der Waals surface area contributed by atoms with E-state index in [0.717, 1.165) is 36.2 Å². The van der Waals surface area contributed by atoms with E-state index < -0.39 is 23.5 Å². The van der Waals surface area contributed by atoms with E-state index in [0.29, 0.717) is 18.5 Å². The lowest BCUT2D eigenvalue weighted by atomic mass is 9.95. The van der Waals surface area contributed by atoms with Crippen molar-refractivity contribution in [1.29, 1.82) is 0 Å². The highest BCUT2D eigenvalue weighted by Crippen LogP contribution is 2.34. The summed E-state index contributed by atoms with van der Waals surface area (Å²) in [5.74, 6) is -1.03. The molecule has 4 aromatic rings. The van der Waals surface area contributed by atoms with Crippen LogP contribution in [-0.2, 0) is 19.0 Å². The Morgan fingerprint density at radius 3 is 2.50 bits per heavy atom. The number of hydrogen-bond donors (Lipinski definition) is 1. The molecular formula is C23H18F4N6O. The molecule has 0 atom stereocenters. The highest BCUT2D eigenvalue weighted by Gasteiger charge is 2.32. The Labute approximate surface area is 191 Å². The minimum Gasteiger partial charge on any atom is -0.319 e. The smallest absolute Gasteiger partial charge is 0.319 e. The van der Waals surface area contributed by atoms with Crippen molar-refractivity contribution in [3.63, 3.8) is 0 Å². The van der Waals surface area contributed by atoms with Crippen LogP contribution < -0.4 is 5.32 Å². The van der Waals surface area contributed by atoms with Gasteiger partial charge in [0.15, 0.2) is 5.69 Å². The summed E-state index contributed by atoms with van der Waals surface area (Å²) in [6, 6.07) is 8.73. The van der Waals surface area contributed by atoms with Gasteiger partial charge in [0.05, 0.1) is 22.6 Å². The Morgan fingerprint density at radius 1 is 1.03 bits per heavy atom. The summed E-state index contributed by atoms with van der Waals surface area (Å²) in [6.45, 7) is 0. The van der Waals surface area contributed by atoms with Gasteiger partial charge in [-0.25, -0.2) is 18.7 Å². The maximum absolute atomic E-state index is 13.4. The molecule has 7 nitrogen and oxygen atoms in total. The van der Waals surface area contributed by atoms with Gasteiger partial charge in [0.1, 0.15) is 18.5 Å². The molecule has 1 aliphatic carbocycles. The van der Waals surface area contributed by atoms with E-state index in [1.807, 2.05) is 0 Å². The van der Waals surface area contributed by atoms with E-state index in [1.54, 1.807) is 16.8 Å². The monoisotopic (exact) mass is 470 g/mol. The lowest BCUT2D eigenvalue weighted by Crippen LogP contribution is -2.18. The molecule has 2 heterocycles. The Bertz CT molecular complexity index is 1340. The first kappa shape index (κ1) is 21.8. The van der Waals surface area contributed by atoms with Crippen LogP contribution in [0.3, 0.4) is 0 Å². The van der Waals surface area contributed by atoms with Crippen LogP contribution in [-0.4, -0.2) is 30.5 Å². The van der Waals surface area contributed by atoms with Crippen LogP contribution in [0.1, 0.15) is 40.2 Å². The minimum atomic E-state index is -4.59. The number of alkyl halides is 3. The highest BCUT2D eigenvalue weighted by atomic mass is 19.4. The van der Waals surface area contributed by atoms with Crippen LogP contribution in [0.4, 0.5) is 23.2 Å². The Hall–Kier alpha value is -4.02. The van der Waals surface area contributed by atoms with Gasteiger partial charge in [-0.15, -0.1) is 0 Å². The second-order valence-corrected chi connectivity index (χ2v) is 7.89. The van der Waals surface area contributed by atoms with Crippen LogP contribution >= 0.6 is 0 Å². The lowest BCUT2D eigenvalue weighted by molar-refractivity contribution is -0.137. The number of fused-ring (bicyclic) bond motifs is 1. The number of amides is 1. The standard InChI is InChI=1S/C23H18F4N6O/c24-15-6-8-16(9-7-15)33-19-4-2-1-3-17(19)21(31-33)22(34)30-18-11-14(23(25,26)27)5-10-20(18)32-13-28-12-29-32/h5-13H,1-4H2,(H,30,34). The van der Waals surface area contributed by atoms with E-state index in [4.69, 9.17) is 0 Å². The molecule has 0 aliphatic heterocycles. The lowest BCUT2D eigenvalue weighted by Gasteiger charge is -2.15. The second-order valence-electron chi connectivity index (χ2n) is 7.89. The molecule has 2 aromatic carbocycles. The summed E-state index contributed by atoms with van der Waals surface area (Å²) in [5.41, 5.74) is 1.54. The predicted molar refractivity (Wildman–Crippen MR) is 114 cm³/mol. The zero-order valence-corrected chi connectivity index (χ0v) is 17.7. The van der Waals surface area contributed by atoms with Gasteiger partial charge in [-0.2, -0.15) is 23.4 Å².